The third-order valence-corrected chi connectivity index (χ3v) is 22.6. The Morgan fingerprint density at radius 1 is 0.283 bits per heavy atom. The van der Waals surface area contributed by atoms with E-state index in [-0.39, 0.29) is 11.8 Å². The molecule has 0 fully saturated rings. The lowest BCUT2D eigenvalue weighted by atomic mass is 9.74. The first-order chi connectivity index (χ1) is 45.7. The van der Waals surface area contributed by atoms with Crippen LogP contribution in [0.5, 0.6) is 0 Å². The third kappa shape index (κ3) is 7.19. The van der Waals surface area contributed by atoms with Crippen LogP contribution in [0.3, 0.4) is 0 Å². The second kappa shape index (κ2) is 19.8. The summed E-state index contributed by atoms with van der Waals surface area (Å²) in [5, 5.41) is 22.8. The van der Waals surface area contributed by atoms with Crippen molar-refractivity contribution in [2.45, 2.75) is 11.8 Å². The number of fused-ring (bicyclic) bond motifs is 20. The number of hydrogen-bond donors (Lipinski definition) is 0. The number of thiophene rings is 2. The maximum Gasteiger partial charge on any atom is 0.104 e. The SMILES string of the molecule is N#Cc1c(-n2c3ccccc3c3ccccc32)c(C2c3ccccc3-c3c2ccc2c3sc3ccc(-c4ccccc4)cc32)c(-c2ccccc2)c(C2c3ccccc3-c3c2ccc2c3sc3ccc(-c4ccccc4)cc32)c1-n1c2ccccc2c2ccccc21. The average Bonchev–Trinajstić information content (AvgIpc) is 1.44. The molecule has 18 aromatic rings. The van der Waals surface area contributed by atoms with Crippen LogP contribution in [0.2, 0.25) is 0 Å². The van der Waals surface area contributed by atoms with Crippen LogP contribution >= 0.6 is 22.7 Å². The Balaban J connectivity index is 0.990. The zero-order valence-corrected chi connectivity index (χ0v) is 51.2. The van der Waals surface area contributed by atoms with Crippen molar-refractivity contribution in [2.75, 3.05) is 0 Å². The van der Waals surface area contributed by atoms with Crippen LogP contribution in [0.25, 0.3) is 151 Å². The molecule has 0 saturated heterocycles. The van der Waals surface area contributed by atoms with Gasteiger partial charge in [0.05, 0.1) is 33.4 Å². The number of rotatable bonds is 7. The van der Waals surface area contributed by atoms with Crippen LogP contribution in [0, 0.1) is 11.3 Å². The molecule has 2 unspecified atom stereocenters. The Bertz CT molecular complexity index is 5750. The summed E-state index contributed by atoms with van der Waals surface area (Å²) >= 11 is 3.80. The maximum atomic E-state index is 13.2. The number of para-hydroxylation sites is 4. The minimum Gasteiger partial charge on any atom is -0.307 e. The van der Waals surface area contributed by atoms with Crippen molar-refractivity contribution >= 4 is 107 Å². The molecule has 0 N–H and O–H groups in total. The van der Waals surface area contributed by atoms with Gasteiger partial charge in [-0.25, -0.2) is 0 Å². The van der Waals surface area contributed by atoms with Gasteiger partial charge < -0.3 is 9.13 Å². The Morgan fingerprint density at radius 3 is 1.04 bits per heavy atom. The number of benzene rings is 14. The zero-order valence-electron chi connectivity index (χ0n) is 49.6. The van der Waals surface area contributed by atoms with Crippen molar-refractivity contribution in [2.24, 2.45) is 0 Å². The fraction of sp³-hybridized carbons (Fsp3) is 0.0230. The molecule has 2 atom stereocenters. The van der Waals surface area contributed by atoms with E-state index in [4.69, 9.17) is 0 Å². The van der Waals surface area contributed by atoms with E-state index in [1.54, 1.807) is 0 Å². The first kappa shape index (κ1) is 51.5. The van der Waals surface area contributed by atoms with Crippen LogP contribution in [-0.4, -0.2) is 9.13 Å². The molecule has 2 aliphatic rings. The largest absolute Gasteiger partial charge is 0.307 e. The van der Waals surface area contributed by atoms with Gasteiger partial charge in [-0.3, -0.25) is 0 Å². The molecule has 0 saturated carbocycles. The summed E-state index contributed by atoms with van der Waals surface area (Å²) in [5.41, 5.74) is 25.8. The first-order valence-electron chi connectivity index (χ1n) is 31.6. The van der Waals surface area contributed by atoms with E-state index in [0.717, 1.165) is 77.2 Å². The lowest BCUT2D eigenvalue weighted by molar-refractivity contribution is 0.934. The average molecular weight is 1200 g/mol. The fourth-order valence-electron chi connectivity index (χ4n) is 16.4. The molecule has 14 aromatic carbocycles. The van der Waals surface area contributed by atoms with Gasteiger partial charge in [0.15, 0.2) is 0 Å². The van der Waals surface area contributed by atoms with Crippen LogP contribution < -0.4 is 0 Å². The second-order valence-corrected chi connectivity index (χ2v) is 26.8. The molecule has 2 aliphatic carbocycles. The highest BCUT2D eigenvalue weighted by atomic mass is 32.1. The quantitative estimate of drug-likeness (QED) is 0.157. The Kier molecular flexibility index (Phi) is 11.1. The van der Waals surface area contributed by atoms with Crippen LogP contribution in [-0.2, 0) is 0 Å². The van der Waals surface area contributed by atoms with Gasteiger partial charge in [-0.05, 0) is 126 Å². The summed E-state index contributed by atoms with van der Waals surface area (Å²) in [5.74, 6) is -0.669. The summed E-state index contributed by atoms with van der Waals surface area (Å²) in [4.78, 5) is 0. The summed E-state index contributed by atoms with van der Waals surface area (Å²) in [6, 6.07) is 113. The molecule has 0 radical (unpaired) electrons. The molecule has 3 nitrogen and oxygen atoms in total. The normalized spacial score (nSPS) is 14.1. The van der Waals surface area contributed by atoms with Gasteiger partial charge in [-0.15, -0.1) is 22.7 Å². The predicted octanol–water partition coefficient (Wildman–Crippen LogP) is 23.8. The number of hydrogen-bond acceptors (Lipinski definition) is 3. The Labute approximate surface area is 538 Å². The van der Waals surface area contributed by atoms with E-state index in [0.29, 0.717) is 5.56 Å². The lowest BCUT2D eigenvalue weighted by Crippen LogP contribution is -2.18. The van der Waals surface area contributed by atoms with Crippen LogP contribution in [0.1, 0.15) is 50.8 Å². The molecule has 0 spiro atoms. The van der Waals surface area contributed by atoms with Gasteiger partial charge in [0.1, 0.15) is 11.6 Å². The smallest absolute Gasteiger partial charge is 0.104 e. The van der Waals surface area contributed by atoms with E-state index in [1.807, 2.05) is 22.7 Å². The van der Waals surface area contributed by atoms with Crippen molar-refractivity contribution in [1.29, 1.82) is 5.26 Å². The molecular weight excluding hydrogens is 1150 g/mol. The lowest BCUT2D eigenvalue weighted by Gasteiger charge is -2.33. The number of nitrogens with zero attached hydrogens (tertiary/aromatic N) is 3. The zero-order chi connectivity index (χ0) is 60.3. The van der Waals surface area contributed by atoms with Gasteiger partial charge in [0.25, 0.3) is 0 Å². The summed E-state index contributed by atoms with van der Waals surface area (Å²) < 4.78 is 10.0. The van der Waals surface area contributed by atoms with Gasteiger partial charge in [0, 0.05) is 84.9 Å². The number of nitriles is 1. The monoisotopic (exact) mass is 1200 g/mol. The number of aromatic nitrogens is 2. The van der Waals surface area contributed by atoms with E-state index in [2.05, 4.69) is 312 Å². The topological polar surface area (TPSA) is 33.6 Å². The highest BCUT2D eigenvalue weighted by Crippen LogP contribution is 2.62. The minimum atomic E-state index is -0.334. The summed E-state index contributed by atoms with van der Waals surface area (Å²) in [7, 11) is 0. The highest BCUT2D eigenvalue weighted by molar-refractivity contribution is 7.26. The second-order valence-electron chi connectivity index (χ2n) is 24.7. The molecule has 20 rings (SSSR count). The summed E-state index contributed by atoms with van der Waals surface area (Å²) in [6.07, 6.45) is 0. The Morgan fingerprint density at radius 2 is 0.641 bits per heavy atom. The molecule has 0 amide bonds. The molecular formula is C87H51N3S2. The van der Waals surface area contributed by atoms with Crippen molar-refractivity contribution in [1.82, 2.24) is 9.13 Å². The molecule has 0 bridgehead atoms. The van der Waals surface area contributed by atoms with Gasteiger partial charge in [0.2, 0.25) is 0 Å². The van der Waals surface area contributed by atoms with Crippen molar-refractivity contribution in [3.8, 4) is 73.1 Å². The van der Waals surface area contributed by atoms with Crippen molar-refractivity contribution < 1.29 is 0 Å². The van der Waals surface area contributed by atoms with Crippen molar-refractivity contribution in [3.05, 3.63) is 336 Å². The third-order valence-electron chi connectivity index (χ3n) is 20.1. The van der Waals surface area contributed by atoms with E-state index in [9.17, 15) is 5.26 Å². The van der Waals surface area contributed by atoms with E-state index in [1.165, 1.54) is 107 Å². The Hall–Kier alpha value is -11.4. The molecule has 5 heteroatoms. The molecule has 92 heavy (non-hydrogen) atoms. The van der Waals surface area contributed by atoms with Gasteiger partial charge in [-0.2, -0.15) is 5.26 Å². The molecule has 0 aliphatic heterocycles. The van der Waals surface area contributed by atoms with E-state index >= 15 is 0 Å². The van der Waals surface area contributed by atoms with Crippen LogP contribution in [0.15, 0.2) is 297 Å². The van der Waals surface area contributed by atoms with Gasteiger partial charge >= 0.3 is 0 Å². The predicted molar refractivity (Wildman–Crippen MR) is 388 cm³/mol. The molecule has 4 aromatic heterocycles. The molecule has 426 valence electrons. The fourth-order valence-corrected chi connectivity index (χ4v) is 18.9. The summed E-state index contributed by atoms with van der Waals surface area (Å²) in [6.45, 7) is 0. The van der Waals surface area contributed by atoms with Crippen LogP contribution in [0.4, 0.5) is 0 Å². The van der Waals surface area contributed by atoms with Gasteiger partial charge in [-0.1, -0.05) is 249 Å². The first-order valence-corrected chi connectivity index (χ1v) is 33.2. The molecule has 4 heterocycles. The highest BCUT2D eigenvalue weighted by Gasteiger charge is 2.44. The van der Waals surface area contributed by atoms with E-state index < -0.39 is 0 Å². The van der Waals surface area contributed by atoms with Crippen molar-refractivity contribution in [3.63, 3.8) is 0 Å². The standard InChI is InChI=1S/C87H51N3S2/c88-50-70-84(89-71-36-18-14-28-56(71)57-29-15-19-37-72(57)89)82(78-60-32-10-12-34-62(60)80-66(78)44-42-64-68-48-54(51-22-4-1-5-23-51)40-46-75(68)91-86(64)80)77(53-26-8-3-9-27-53)83(85(70)90-73-38-20-16-30-58(73)59-31-17-21-39-74(59)90)79-61-33-11-13-35-63(61)81-67(79)45-43-65-69-49-55(52-24-6-2-7-25-52)41-47-76(69)92-87(65)81/h1-49,78-79H. The minimum absolute atomic E-state index is 0.334. The maximum absolute atomic E-state index is 13.2.